The first-order chi connectivity index (χ1) is 9.19. The van der Waals surface area contributed by atoms with E-state index in [1.807, 2.05) is 0 Å². The number of rotatable bonds is 6. The van der Waals surface area contributed by atoms with Crippen LogP contribution in [0.2, 0.25) is 0 Å². The number of hydrogen-bond donors (Lipinski definition) is 3. The molecule has 0 saturated carbocycles. The molecule has 0 bridgehead atoms. The quantitative estimate of drug-likeness (QED) is 0.683. The lowest BCUT2D eigenvalue weighted by atomic mass is 10.3. The van der Waals surface area contributed by atoms with Crippen LogP contribution in [0.15, 0.2) is 27.4 Å². The van der Waals surface area contributed by atoms with Crippen molar-refractivity contribution in [1.29, 1.82) is 0 Å². The smallest absolute Gasteiger partial charge is 0.408 e. The predicted molar refractivity (Wildman–Crippen MR) is 77.5 cm³/mol. The Balaban J connectivity index is 0.00000200. The molecular weight excluding hydrogens is 286 g/mol. The molecular formula is C12H16ClN3O4. The van der Waals surface area contributed by atoms with E-state index in [0.717, 1.165) is 0 Å². The number of anilines is 1. The average molecular weight is 302 g/mol. The summed E-state index contributed by atoms with van der Waals surface area (Å²) in [6.07, 6.45) is 0. The summed E-state index contributed by atoms with van der Waals surface area (Å²) in [5.41, 5.74) is 1.61. The van der Waals surface area contributed by atoms with Crippen molar-refractivity contribution >= 4 is 35.1 Å². The fraction of sp³-hybridized carbons (Fsp3) is 0.333. The van der Waals surface area contributed by atoms with Gasteiger partial charge in [0, 0.05) is 19.3 Å². The minimum Gasteiger partial charge on any atom is -0.408 e. The Kier molecular flexibility index (Phi) is 6.23. The summed E-state index contributed by atoms with van der Waals surface area (Å²) in [6, 6.07) is 4.95. The van der Waals surface area contributed by atoms with Crippen LogP contribution in [-0.4, -0.2) is 37.7 Å². The van der Waals surface area contributed by atoms with E-state index in [1.54, 1.807) is 25.3 Å². The van der Waals surface area contributed by atoms with E-state index in [9.17, 15) is 9.59 Å². The molecule has 0 spiro atoms. The fourth-order valence-electron chi connectivity index (χ4n) is 1.61. The maximum absolute atomic E-state index is 11.6. The zero-order valence-electron chi connectivity index (χ0n) is 10.9. The van der Waals surface area contributed by atoms with E-state index in [2.05, 4.69) is 15.6 Å². The second-order valence-electron chi connectivity index (χ2n) is 3.94. The Bertz CT molecular complexity index is 622. The summed E-state index contributed by atoms with van der Waals surface area (Å²) >= 11 is 0. The summed E-state index contributed by atoms with van der Waals surface area (Å²) in [5.74, 6) is -0.680. The number of nitrogens with one attached hydrogen (secondary N) is 3. The highest BCUT2D eigenvalue weighted by Gasteiger charge is 2.05. The van der Waals surface area contributed by atoms with Crippen LogP contribution < -0.4 is 16.4 Å². The normalized spacial score (nSPS) is 10.2. The maximum atomic E-state index is 11.6. The van der Waals surface area contributed by atoms with Crippen LogP contribution in [0.5, 0.6) is 0 Å². The number of carbonyl (C=O) groups is 1. The van der Waals surface area contributed by atoms with E-state index in [4.69, 9.17) is 9.15 Å². The Hall–Kier alpha value is -1.83. The van der Waals surface area contributed by atoms with E-state index < -0.39 is 5.76 Å². The van der Waals surface area contributed by atoms with Gasteiger partial charge in [0.05, 0.1) is 18.7 Å². The number of methoxy groups -OCH3 is 1. The second kappa shape index (κ2) is 7.68. The standard InChI is InChI=1S/C12H15N3O4.ClH/c1-18-5-4-13-7-11(16)14-8-2-3-10-9(6-8)15-12(17)19-10;/h2-3,6,13H,4-5,7H2,1H3,(H,14,16)(H,15,17);1H. The van der Waals surface area contributed by atoms with Crippen molar-refractivity contribution < 1.29 is 13.9 Å². The van der Waals surface area contributed by atoms with E-state index in [-0.39, 0.29) is 24.9 Å². The van der Waals surface area contributed by atoms with Crippen molar-refractivity contribution in [2.24, 2.45) is 0 Å². The Morgan fingerprint density at radius 1 is 1.45 bits per heavy atom. The molecule has 0 aliphatic rings. The third-order valence-corrected chi connectivity index (χ3v) is 2.47. The van der Waals surface area contributed by atoms with E-state index in [0.29, 0.717) is 29.9 Å². The summed E-state index contributed by atoms with van der Waals surface area (Å²) in [7, 11) is 1.60. The molecule has 0 atom stereocenters. The van der Waals surface area contributed by atoms with Gasteiger partial charge in [0.2, 0.25) is 5.91 Å². The van der Waals surface area contributed by atoms with Crippen LogP contribution in [0.3, 0.4) is 0 Å². The third-order valence-electron chi connectivity index (χ3n) is 2.47. The van der Waals surface area contributed by atoms with Crippen LogP contribution in [0.4, 0.5) is 5.69 Å². The van der Waals surface area contributed by atoms with Gasteiger partial charge >= 0.3 is 5.76 Å². The lowest BCUT2D eigenvalue weighted by Crippen LogP contribution is -2.30. The van der Waals surface area contributed by atoms with Crippen molar-refractivity contribution in [3.8, 4) is 0 Å². The zero-order valence-corrected chi connectivity index (χ0v) is 11.7. The summed E-state index contributed by atoms with van der Waals surface area (Å²) < 4.78 is 9.72. The largest absolute Gasteiger partial charge is 0.417 e. The molecule has 7 nitrogen and oxygen atoms in total. The van der Waals surface area contributed by atoms with Gasteiger partial charge < -0.3 is 19.8 Å². The summed E-state index contributed by atoms with van der Waals surface area (Å²) in [5, 5.41) is 5.65. The van der Waals surface area contributed by atoms with Crippen LogP contribution in [0.1, 0.15) is 0 Å². The number of ether oxygens (including phenoxy) is 1. The first kappa shape index (κ1) is 16.2. The van der Waals surface area contributed by atoms with Gasteiger partial charge in [0.1, 0.15) is 0 Å². The number of H-pyrrole nitrogens is 1. The van der Waals surface area contributed by atoms with Crippen LogP contribution in [0, 0.1) is 0 Å². The topological polar surface area (TPSA) is 96.4 Å². The number of benzene rings is 1. The van der Waals surface area contributed by atoms with Gasteiger partial charge in [-0.15, -0.1) is 12.4 Å². The number of fused-ring (bicyclic) bond motifs is 1. The molecule has 20 heavy (non-hydrogen) atoms. The summed E-state index contributed by atoms with van der Waals surface area (Å²) in [6.45, 7) is 1.36. The molecule has 2 aromatic rings. The molecule has 3 N–H and O–H groups in total. The number of carbonyl (C=O) groups excluding carboxylic acids is 1. The van der Waals surface area contributed by atoms with Gasteiger partial charge in [-0.1, -0.05) is 0 Å². The number of oxazole rings is 1. The van der Waals surface area contributed by atoms with Crippen LogP contribution >= 0.6 is 12.4 Å². The number of halogens is 1. The highest BCUT2D eigenvalue weighted by molar-refractivity contribution is 5.94. The monoisotopic (exact) mass is 301 g/mol. The first-order valence-electron chi connectivity index (χ1n) is 5.81. The van der Waals surface area contributed by atoms with Crippen LogP contribution in [-0.2, 0) is 9.53 Å². The molecule has 2 rings (SSSR count). The van der Waals surface area contributed by atoms with E-state index >= 15 is 0 Å². The number of aromatic amines is 1. The molecule has 110 valence electrons. The van der Waals surface area contributed by atoms with E-state index in [1.165, 1.54) is 0 Å². The van der Waals surface area contributed by atoms with Gasteiger partial charge in [-0.2, -0.15) is 0 Å². The Morgan fingerprint density at radius 3 is 3.00 bits per heavy atom. The maximum Gasteiger partial charge on any atom is 0.417 e. The van der Waals surface area contributed by atoms with Crippen molar-refractivity contribution in [2.75, 3.05) is 32.1 Å². The van der Waals surface area contributed by atoms with Crippen molar-refractivity contribution in [2.45, 2.75) is 0 Å². The SMILES string of the molecule is COCCNCC(=O)Nc1ccc2oc(=O)[nH]c2c1.Cl. The Labute approximate surface area is 121 Å². The molecule has 0 unspecified atom stereocenters. The minimum atomic E-state index is -0.514. The van der Waals surface area contributed by atoms with Gasteiger partial charge in [-0.3, -0.25) is 9.78 Å². The molecule has 8 heteroatoms. The molecule has 0 aliphatic carbocycles. The molecule has 0 fully saturated rings. The lowest BCUT2D eigenvalue weighted by molar-refractivity contribution is -0.115. The molecule has 1 aromatic carbocycles. The molecule has 0 saturated heterocycles. The fourth-order valence-corrected chi connectivity index (χ4v) is 1.61. The minimum absolute atomic E-state index is 0. The van der Waals surface area contributed by atoms with Crippen LogP contribution in [0.25, 0.3) is 11.1 Å². The average Bonchev–Trinajstić information content (AvgIpc) is 2.74. The number of hydrogen-bond acceptors (Lipinski definition) is 5. The lowest BCUT2D eigenvalue weighted by Gasteiger charge is -2.06. The van der Waals surface area contributed by atoms with Crippen molar-refractivity contribution in [3.05, 3.63) is 28.7 Å². The molecule has 0 radical (unpaired) electrons. The van der Waals surface area contributed by atoms with Gasteiger partial charge in [-0.25, -0.2) is 4.79 Å². The predicted octanol–water partition coefficient (Wildman–Crippen LogP) is 0.717. The molecule has 1 aromatic heterocycles. The highest BCUT2D eigenvalue weighted by Crippen LogP contribution is 2.15. The molecule has 1 amide bonds. The van der Waals surface area contributed by atoms with Gasteiger partial charge in [0.15, 0.2) is 5.58 Å². The molecule has 1 heterocycles. The zero-order chi connectivity index (χ0) is 13.7. The number of aromatic nitrogens is 1. The summed E-state index contributed by atoms with van der Waals surface area (Å²) in [4.78, 5) is 25.1. The second-order valence-corrected chi connectivity index (χ2v) is 3.94. The molecule has 0 aliphatic heterocycles. The van der Waals surface area contributed by atoms with Gasteiger partial charge in [-0.05, 0) is 18.2 Å². The van der Waals surface area contributed by atoms with Crippen molar-refractivity contribution in [1.82, 2.24) is 10.3 Å². The van der Waals surface area contributed by atoms with Gasteiger partial charge in [0.25, 0.3) is 0 Å². The first-order valence-corrected chi connectivity index (χ1v) is 5.81. The number of amides is 1. The highest BCUT2D eigenvalue weighted by atomic mass is 35.5. The Morgan fingerprint density at radius 2 is 2.25 bits per heavy atom. The van der Waals surface area contributed by atoms with Crippen molar-refractivity contribution in [3.63, 3.8) is 0 Å². The third kappa shape index (κ3) is 4.37.